The van der Waals surface area contributed by atoms with E-state index in [0.717, 1.165) is 45.3 Å². The van der Waals surface area contributed by atoms with Crippen LogP contribution in [0.25, 0.3) is 104 Å². The predicted molar refractivity (Wildman–Crippen MR) is 287 cm³/mol. The molecule has 4 heteroatoms. The lowest BCUT2D eigenvalue weighted by molar-refractivity contribution is 1.17. The minimum Gasteiger partial charge on any atom is -0.310 e. The molecule has 14 rings (SSSR count). The first-order valence-electron chi connectivity index (χ1n) is 23.3. The van der Waals surface area contributed by atoms with Crippen LogP contribution in [0.5, 0.6) is 0 Å². The minimum absolute atomic E-state index is 1.06. The quantitative estimate of drug-likeness (QED) is 0.156. The van der Waals surface area contributed by atoms with Crippen LogP contribution in [-0.4, -0.2) is 13.7 Å². The highest BCUT2D eigenvalue weighted by Crippen LogP contribution is 2.44. The van der Waals surface area contributed by atoms with E-state index in [1.807, 2.05) is 0 Å². The number of hydrogen-bond acceptors (Lipinski definition) is 1. The third-order valence-corrected chi connectivity index (χ3v) is 13.9. The lowest BCUT2D eigenvalue weighted by atomic mass is 10.0. The average Bonchev–Trinajstić information content (AvgIpc) is 4.04. The lowest BCUT2D eigenvalue weighted by Crippen LogP contribution is -2.11. The van der Waals surface area contributed by atoms with Gasteiger partial charge in [0.15, 0.2) is 0 Å². The summed E-state index contributed by atoms with van der Waals surface area (Å²) >= 11 is 0. The zero-order chi connectivity index (χ0) is 44.7. The molecule has 318 valence electrons. The molecule has 0 spiro atoms. The van der Waals surface area contributed by atoms with Crippen molar-refractivity contribution in [2.45, 2.75) is 0 Å². The zero-order valence-corrected chi connectivity index (χ0v) is 37.0. The monoisotopic (exact) mass is 866 g/mol. The Kier molecular flexibility index (Phi) is 8.55. The van der Waals surface area contributed by atoms with E-state index in [4.69, 9.17) is 0 Å². The normalized spacial score (nSPS) is 11.8. The van der Waals surface area contributed by atoms with Crippen LogP contribution < -0.4 is 4.90 Å². The largest absolute Gasteiger partial charge is 0.310 e. The number of fused-ring (bicyclic) bond motifs is 10. The highest BCUT2D eigenvalue weighted by atomic mass is 15.1. The molecule has 3 heterocycles. The minimum atomic E-state index is 1.06. The van der Waals surface area contributed by atoms with Crippen LogP contribution in [0.3, 0.4) is 0 Å². The first kappa shape index (κ1) is 38.2. The molecule has 0 aliphatic rings. The molecule has 0 saturated heterocycles. The fraction of sp³-hybridized carbons (Fsp3) is 0. The number of rotatable bonds is 7. The molecule has 0 bridgehead atoms. The van der Waals surface area contributed by atoms with E-state index in [9.17, 15) is 0 Å². The summed E-state index contributed by atoms with van der Waals surface area (Å²) in [4.78, 5) is 2.46. The van der Waals surface area contributed by atoms with Gasteiger partial charge in [-0.2, -0.15) is 0 Å². The van der Waals surface area contributed by atoms with E-state index in [2.05, 4.69) is 273 Å². The van der Waals surface area contributed by atoms with Gasteiger partial charge in [0, 0.05) is 66.4 Å². The number of aromatic nitrogens is 3. The molecule has 0 aliphatic carbocycles. The number of anilines is 3. The van der Waals surface area contributed by atoms with Crippen molar-refractivity contribution >= 4 is 93.3 Å². The molecule has 0 fully saturated rings. The van der Waals surface area contributed by atoms with Gasteiger partial charge in [-0.1, -0.05) is 152 Å². The van der Waals surface area contributed by atoms with Crippen LogP contribution in [0.2, 0.25) is 0 Å². The number of benzene rings is 11. The standard InChI is InChI=1S/C64H42N4/c1-3-19-47(20-4-1)66-62-30-16-12-26-56(62)58-42-50(34-36-63(58)66)65(49-33-31-43-17-7-8-18-44(43)37-49)51-38-46(39-52(41-51)68-60-28-14-9-23-53(60)54-24-10-15-29-61(54)68)45-32-35-57-55-25-11-13-27-59(55)67(64(57)40-45)48-21-5-2-6-22-48/h1-42H. The van der Waals surface area contributed by atoms with Gasteiger partial charge in [-0.05, 0) is 125 Å². The Morgan fingerprint density at radius 2 is 0.676 bits per heavy atom. The summed E-state index contributed by atoms with van der Waals surface area (Å²) in [6.45, 7) is 0. The molecule has 0 amide bonds. The van der Waals surface area contributed by atoms with Crippen molar-refractivity contribution in [2.24, 2.45) is 0 Å². The number of hydrogen-bond donors (Lipinski definition) is 0. The molecule has 68 heavy (non-hydrogen) atoms. The van der Waals surface area contributed by atoms with E-state index >= 15 is 0 Å². The Morgan fingerprint density at radius 1 is 0.221 bits per heavy atom. The topological polar surface area (TPSA) is 18.0 Å². The highest BCUT2D eigenvalue weighted by Gasteiger charge is 2.22. The molecule has 4 nitrogen and oxygen atoms in total. The number of para-hydroxylation sites is 6. The van der Waals surface area contributed by atoms with E-state index in [1.54, 1.807) is 0 Å². The van der Waals surface area contributed by atoms with Crippen molar-refractivity contribution in [3.63, 3.8) is 0 Å². The summed E-state index contributed by atoms with van der Waals surface area (Å²) in [6.07, 6.45) is 0. The van der Waals surface area contributed by atoms with E-state index in [1.165, 1.54) is 76.2 Å². The van der Waals surface area contributed by atoms with Crippen molar-refractivity contribution < 1.29 is 0 Å². The third kappa shape index (κ3) is 5.94. The molecular formula is C64H42N4. The van der Waals surface area contributed by atoms with E-state index < -0.39 is 0 Å². The van der Waals surface area contributed by atoms with Gasteiger partial charge in [-0.3, -0.25) is 0 Å². The Hall–Kier alpha value is -9.12. The van der Waals surface area contributed by atoms with Crippen molar-refractivity contribution in [3.8, 4) is 28.2 Å². The van der Waals surface area contributed by atoms with Gasteiger partial charge in [0.2, 0.25) is 0 Å². The Bertz CT molecular complexity index is 4210. The van der Waals surface area contributed by atoms with Crippen LogP contribution in [0.1, 0.15) is 0 Å². The second-order valence-electron chi connectivity index (χ2n) is 17.8. The van der Waals surface area contributed by atoms with Crippen molar-refractivity contribution in [1.29, 1.82) is 0 Å². The van der Waals surface area contributed by atoms with Gasteiger partial charge in [-0.25, -0.2) is 0 Å². The highest BCUT2D eigenvalue weighted by molar-refractivity contribution is 6.13. The summed E-state index contributed by atoms with van der Waals surface area (Å²) in [6, 6.07) is 93.3. The maximum Gasteiger partial charge on any atom is 0.0547 e. The molecule has 0 atom stereocenters. The molecule has 0 saturated carbocycles. The molecule has 3 aromatic heterocycles. The SMILES string of the molecule is c1ccc(-n2c3ccccc3c3cc(N(c4cc(-c5ccc6c7ccccc7n(-c7ccccc7)c6c5)cc(-n5c6ccccc6c6ccccc65)c4)c4ccc5ccccc5c4)ccc32)cc1. The van der Waals surface area contributed by atoms with Gasteiger partial charge in [-0.15, -0.1) is 0 Å². The van der Waals surface area contributed by atoms with E-state index in [0.29, 0.717) is 0 Å². The predicted octanol–water partition coefficient (Wildman–Crippen LogP) is 17.3. The van der Waals surface area contributed by atoms with Crippen LogP contribution in [0.15, 0.2) is 255 Å². The number of nitrogens with zero attached hydrogens (tertiary/aromatic N) is 4. The van der Waals surface area contributed by atoms with Crippen molar-refractivity contribution in [3.05, 3.63) is 255 Å². The van der Waals surface area contributed by atoms with Crippen LogP contribution in [0, 0.1) is 0 Å². The smallest absolute Gasteiger partial charge is 0.0547 e. The average molecular weight is 867 g/mol. The summed E-state index contributed by atoms with van der Waals surface area (Å²) in [5, 5.41) is 9.75. The van der Waals surface area contributed by atoms with Gasteiger partial charge in [0.1, 0.15) is 0 Å². The summed E-state index contributed by atoms with van der Waals surface area (Å²) in [7, 11) is 0. The van der Waals surface area contributed by atoms with Gasteiger partial charge >= 0.3 is 0 Å². The fourth-order valence-electron chi connectivity index (χ4n) is 10.9. The van der Waals surface area contributed by atoms with Crippen LogP contribution in [-0.2, 0) is 0 Å². The summed E-state index contributed by atoms with van der Waals surface area (Å²) < 4.78 is 7.25. The Labute approximate surface area is 393 Å². The molecule has 0 radical (unpaired) electrons. The molecule has 0 N–H and O–H groups in total. The molecule has 14 aromatic rings. The van der Waals surface area contributed by atoms with Crippen LogP contribution >= 0.6 is 0 Å². The molecule has 11 aromatic carbocycles. The Balaban J connectivity index is 1.07. The van der Waals surface area contributed by atoms with Crippen LogP contribution in [0.4, 0.5) is 17.1 Å². The van der Waals surface area contributed by atoms with Gasteiger partial charge in [0.05, 0.1) is 33.1 Å². The zero-order valence-electron chi connectivity index (χ0n) is 37.0. The summed E-state index contributed by atoms with van der Waals surface area (Å²) in [5.74, 6) is 0. The molecule has 0 aliphatic heterocycles. The summed E-state index contributed by atoms with van der Waals surface area (Å²) in [5.41, 5.74) is 15.9. The first-order chi connectivity index (χ1) is 33.7. The van der Waals surface area contributed by atoms with Crippen molar-refractivity contribution in [1.82, 2.24) is 13.7 Å². The third-order valence-electron chi connectivity index (χ3n) is 13.9. The van der Waals surface area contributed by atoms with Crippen molar-refractivity contribution in [2.75, 3.05) is 4.90 Å². The Morgan fingerprint density at radius 3 is 1.29 bits per heavy atom. The second kappa shape index (κ2) is 15.2. The molecule has 0 unspecified atom stereocenters. The first-order valence-corrected chi connectivity index (χ1v) is 23.3. The van der Waals surface area contributed by atoms with Gasteiger partial charge in [0.25, 0.3) is 0 Å². The molecular weight excluding hydrogens is 825 g/mol. The maximum absolute atomic E-state index is 2.46. The van der Waals surface area contributed by atoms with Gasteiger partial charge < -0.3 is 18.6 Å². The van der Waals surface area contributed by atoms with E-state index in [-0.39, 0.29) is 0 Å². The lowest BCUT2D eigenvalue weighted by Gasteiger charge is -2.28. The fourth-order valence-corrected chi connectivity index (χ4v) is 10.9. The second-order valence-corrected chi connectivity index (χ2v) is 17.8. The maximum atomic E-state index is 2.46.